The van der Waals surface area contributed by atoms with Gasteiger partial charge < -0.3 is 19.8 Å². The van der Waals surface area contributed by atoms with E-state index in [1.54, 1.807) is 18.5 Å². The molecular formula is C22H29N5O3. The van der Waals surface area contributed by atoms with Crippen LogP contribution < -0.4 is 16.2 Å². The zero-order valence-electron chi connectivity index (χ0n) is 17.3. The van der Waals surface area contributed by atoms with Crippen molar-refractivity contribution >= 4 is 11.8 Å². The van der Waals surface area contributed by atoms with Crippen LogP contribution in [-0.4, -0.2) is 32.0 Å². The second kappa shape index (κ2) is 8.85. The molecule has 2 heterocycles. The lowest BCUT2D eigenvalue weighted by atomic mass is 9.95. The fourth-order valence-electron chi connectivity index (χ4n) is 4.22. The Bertz CT molecular complexity index is 969. The fourth-order valence-corrected chi connectivity index (χ4v) is 4.22. The Labute approximate surface area is 175 Å². The third-order valence-electron chi connectivity index (χ3n) is 6.07. The van der Waals surface area contributed by atoms with Gasteiger partial charge >= 0.3 is 0 Å². The molecule has 2 aliphatic carbocycles. The van der Waals surface area contributed by atoms with Gasteiger partial charge in [-0.25, -0.2) is 4.98 Å². The first-order valence-corrected chi connectivity index (χ1v) is 10.8. The van der Waals surface area contributed by atoms with Crippen molar-refractivity contribution in [2.24, 2.45) is 13.0 Å². The van der Waals surface area contributed by atoms with E-state index in [0.717, 1.165) is 44.3 Å². The SMILES string of the molecule is Cn1ccnc1[C@H](NC(=O)Cn1cccc(C(=O)NC2CCCCC2)c1=O)C1CC1. The quantitative estimate of drug-likeness (QED) is 0.727. The van der Waals surface area contributed by atoms with Gasteiger partial charge in [-0.05, 0) is 43.7 Å². The van der Waals surface area contributed by atoms with Crippen LogP contribution >= 0.6 is 0 Å². The maximum Gasteiger partial charge on any atom is 0.263 e. The van der Waals surface area contributed by atoms with E-state index in [4.69, 9.17) is 0 Å². The molecule has 8 nitrogen and oxygen atoms in total. The first-order valence-electron chi connectivity index (χ1n) is 10.8. The Morgan fingerprint density at radius 2 is 1.93 bits per heavy atom. The van der Waals surface area contributed by atoms with Crippen molar-refractivity contribution in [3.63, 3.8) is 0 Å². The summed E-state index contributed by atoms with van der Waals surface area (Å²) in [6.45, 7) is -0.128. The number of imidazole rings is 1. The molecule has 0 spiro atoms. The summed E-state index contributed by atoms with van der Waals surface area (Å²) in [7, 11) is 1.91. The molecule has 1 atom stereocenters. The molecule has 160 valence electrons. The number of carbonyl (C=O) groups excluding carboxylic acids is 2. The molecule has 0 radical (unpaired) electrons. The second-order valence-corrected chi connectivity index (χ2v) is 8.44. The van der Waals surface area contributed by atoms with Gasteiger partial charge in [0, 0.05) is 31.7 Å². The molecule has 2 N–H and O–H groups in total. The summed E-state index contributed by atoms with van der Waals surface area (Å²) in [5.74, 6) is 0.575. The molecule has 30 heavy (non-hydrogen) atoms. The highest BCUT2D eigenvalue weighted by molar-refractivity contribution is 5.94. The highest BCUT2D eigenvalue weighted by Gasteiger charge is 2.35. The first kappa shape index (κ1) is 20.4. The number of nitrogens with one attached hydrogen (secondary N) is 2. The number of nitrogens with zero attached hydrogens (tertiary/aromatic N) is 3. The minimum atomic E-state index is -0.444. The van der Waals surface area contributed by atoms with Crippen LogP contribution in [-0.2, 0) is 18.4 Å². The zero-order chi connectivity index (χ0) is 21.1. The smallest absolute Gasteiger partial charge is 0.263 e. The minimum absolute atomic E-state index is 0.0821. The van der Waals surface area contributed by atoms with Gasteiger partial charge in [-0.2, -0.15) is 0 Å². The van der Waals surface area contributed by atoms with Crippen molar-refractivity contribution in [2.45, 2.75) is 63.6 Å². The maximum atomic E-state index is 12.8. The lowest BCUT2D eigenvalue weighted by Gasteiger charge is -2.22. The Kier molecular flexibility index (Phi) is 6.01. The summed E-state index contributed by atoms with van der Waals surface area (Å²) in [6.07, 6.45) is 12.5. The highest BCUT2D eigenvalue weighted by Crippen LogP contribution is 2.40. The van der Waals surface area contributed by atoms with Crippen LogP contribution in [0.15, 0.2) is 35.5 Å². The summed E-state index contributed by atoms with van der Waals surface area (Å²) in [4.78, 5) is 42.5. The number of hydrogen-bond donors (Lipinski definition) is 2. The van der Waals surface area contributed by atoms with Crippen LogP contribution in [0.5, 0.6) is 0 Å². The van der Waals surface area contributed by atoms with Gasteiger partial charge in [0.2, 0.25) is 5.91 Å². The molecule has 0 saturated heterocycles. The van der Waals surface area contributed by atoms with Gasteiger partial charge in [-0.3, -0.25) is 14.4 Å². The van der Waals surface area contributed by atoms with E-state index in [9.17, 15) is 14.4 Å². The minimum Gasteiger partial charge on any atom is -0.349 e. The monoisotopic (exact) mass is 411 g/mol. The predicted octanol–water partition coefficient (Wildman–Crippen LogP) is 1.91. The van der Waals surface area contributed by atoms with Gasteiger partial charge in [0.15, 0.2) is 0 Å². The van der Waals surface area contributed by atoms with Crippen LogP contribution in [0.1, 0.15) is 67.2 Å². The first-order chi connectivity index (χ1) is 14.5. The van der Waals surface area contributed by atoms with Gasteiger partial charge in [0.05, 0.1) is 6.04 Å². The molecule has 0 unspecified atom stereocenters. The summed E-state index contributed by atoms with van der Waals surface area (Å²) in [5.41, 5.74) is -0.361. The normalized spacial score (nSPS) is 18.0. The van der Waals surface area contributed by atoms with E-state index in [0.29, 0.717) is 5.92 Å². The van der Waals surface area contributed by atoms with Gasteiger partial charge in [0.1, 0.15) is 17.9 Å². The van der Waals surface area contributed by atoms with Crippen molar-refractivity contribution in [3.05, 3.63) is 52.5 Å². The van der Waals surface area contributed by atoms with Crippen LogP contribution in [0.2, 0.25) is 0 Å². The van der Waals surface area contributed by atoms with Gasteiger partial charge in [0.25, 0.3) is 11.5 Å². The zero-order valence-corrected chi connectivity index (χ0v) is 17.3. The number of pyridine rings is 1. The number of aryl methyl sites for hydroxylation is 1. The van der Waals surface area contributed by atoms with Crippen LogP contribution in [0.25, 0.3) is 0 Å². The largest absolute Gasteiger partial charge is 0.349 e. The number of hydrogen-bond acceptors (Lipinski definition) is 4. The summed E-state index contributed by atoms with van der Waals surface area (Å²) >= 11 is 0. The molecule has 8 heteroatoms. The van der Waals surface area contributed by atoms with E-state index in [2.05, 4.69) is 15.6 Å². The molecular weight excluding hydrogens is 382 g/mol. The lowest BCUT2D eigenvalue weighted by molar-refractivity contribution is -0.122. The highest BCUT2D eigenvalue weighted by atomic mass is 16.2. The molecule has 0 aliphatic heterocycles. The molecule has 0 bridgehead atoms. The molecule has 2 aromatic rings. The average molecular weight is 412 g/mol. The maximum absolute atomic E-state index is 12.8. The molecule has 2 amide bonds. The Morgan fingerprint density at radius 1 is 1.17 bits per heavy atom. The third kappa shape index (κ3) is 4.63. The Morgan fingerprint density at radius 3 is 2.60 bits per heavy atom. The average Bonchev–Trinajstić information content (AvgIpc) is 3.49. The van der Waals surface area contributed by atoms with Crippen molar-refractivity contribution in [2.75, 3.05) is 0 Å². The Hall–Kier alpha value is -2.90. The van der Waals surface area contributed by atoms with E-state index < -0.39 is 5.56 Å². The van der Waals surface area contributed by atoms with Crippen molar-refractivity contribution in [1.82, 2.24) is 24.8 Å². The van der Waals surface area contributed by atoms with E-state index in [1.165, 1.54) is 17.1 Å². The number of carbonyl (C=O) groups is 2. The third-order valence-corrected chi connectivity index (χ3v) is 6.07. The molecule has 2 aromatic heterocycles. The summed E-state index contributed by atoms with van der Waals surface area (Å²) in [5, 5.41) is 6.00. The summed E-state index contributed by atoms with van der Waals surface area (Å²) in [6, 6.07) is 3.13. The van der Waals surface area contributed by atoms with Crippen molar-refractivity contribution in [3.8, 4) is 0 Å². The van der Waals surface area contributed by atoms with E-state index in [-0.39, 0.29) is 36.0 Å². The molecule has 2 saturated carbocycles. The van der Waals surface area contributed by atoms with Crippen LogP contribution in [0.3, 0.4) is 0 Å². The second-order valence-electron chi connectivity index (χ2n) is 8.44. The lowest BCUT2D eigenvalue weighted by Crippen LogP contribution is -2.41. The topological polar surface area (TPSA) is 98.0 Å². The van der Waals surface area contributed by atoms with E-state index in [1.807, 2.05) is 17.8 Å². The fraction of sp³-hybridized carbons (Fsp3) is 0.545. The van der Waals surface area contributed by atoms with Gasteiger partial charge in [-0.15, -0.1) is 0 Å². The molecule has 0 aromatic carbocycles. The van der Waals surface area contributed by atoms with Crippen molar-refractivity contribution < 1.29 is 9.59 Å². The number of rotatable bonds is 7. The Balaban J connectivity index is 1.43. The predicted molar refractivity (Wildman–Crippen MR) is 112 cm³/mol. The number of aromatic nitrogens is 3. The van der Waals surface area contributed by atoms with Gasteiger partial charge in [-0.1, -0.05) is 19.3 Å². The summed E-state index contributed by atoms with van der Waals surface area (Å²) < 4.78 is 3.21. The number of amides is 2. The molecule has 4 rings (SSSR count). The van der Waals surface area contributed by atoms with Crippen molar-refractivity contribution in [1.29, 1.82) is 0 Å². The molecule has 2 aliphatic rings. The van der Waals surface area contributed by atoms with Crippen LogP contribution in [0, 0.1) is 5.92 Å². The van der Waals surface area contributed by atoms with Crippen LogP contribution in [0.4, 0.5) is 0 Å². The van der Waals surface area contributed by atoms with E-state index >= 15 is 0 Å². The standard InChI is InChI=1S/C22H29N5O3/c1-26-13-11-23-20(26)19(15-9-10-15)25-18(28)14-27-12-5-8-17(22(27)30)21(29)24-16-6-3-2-4-7-16/h5,8,11-13,15-16,19H,2-4,6-7,9-10,14H2,1H3,(H,24,29)(H,25,28)/t19-/m1/s1. The molecule has 2 fully saturated rings.